The average molecular weight is 355 g/mol. The van der Waals surface area contributed by atoms with Crippen LogP contribution in [-0.2, 0) is 11.8 Å². The second kappa shape index (κ2) is 6.45. The maximum absolute atomic E-state index is 12.7. The molecule has 3 heterocycles. The fourth-order valence-electron chi connectivity index (χ4n) is 3.36. The van der Waals surface area contributed by atoms with Crippen molar-refractivity contribution >= 4 is 28.3 Å². The molecule has 0 bridgehead atoms. The molecule has 4 rings (SSSR count). The number of anilines is 2. The van der Waals surface area contributed by atoms with Crippen molar-refractivity contribution in [3.05, 3.63) is 35.5 Å². The maximum atomic E-state index is 12.7. The molecule has 0 unspecified atom stereocenters. The Morgan fingerprint density at radius 1 is 1.23 bits per heavy atom. The van der Waals surface area contributed by atoms with Gasteiger partial charge in [-0.3, -0.25) is 9.48 Å². The number of aryl methyl sites for hydroxylation is 3. The number of carbonyl (C=O) groups excluding carboxylic acids is 1. The quantitative estimate of drug-likeness (QED) is 0.776. The largest absolute Gasteiger partial charge is 0.436 e. The third kappa shape index (κ3) is 2.82. The molecule has 0 radical (unpaired) electrons. The van der Waals surface area contributed by atoms with Crippen molar-refractivity contribution in [3.63, 3.8) is 0 Å². The van der Waals surface area contributed by atoms with E-state index in [1.807, 2.05) is 19.2 Å². The number of benzene rings is 1. The van der Waals surface area contributed by atoms with Crippen molar-refractivity contribution in [3.8, 4) is 0 Å². The predicted octanol–water partition coefficient (Wildman–Crippen LogP) is 2.27. The monoisotopic (exact) mass is 355 g/mol. The molecule has 1 amide bonds. The summed E-state index contributed by atoms with van der Waals surface area (Å²) < 4.78 is 12.7. The normalized spacial score (nSPS) is 14.8. The summed E-state index contributed by atoms with van der Waals surface area (Å²) in [6.45, 7) is 6.46. The number of fused-ring (bicyclic) bond motifs is 1. The zero-order valence-electron chi connectivity index (χ0n) is 15.1. The highest BCUT2D eigenvalue weighted by Gasteiger charge is 2.22. The first-order chi connectivity index (χ1) is 12.5. The molecule has 1 aliphatic heterocycles. The smallest absolute Gasteiger partial charge is 0.294 e. The van der Waals surface area contributed by atoms with Crippen LogP contribution < -0.4 is 10.2 Å². The van der Waals surface area contributed by atoms with Crippen molar-refractivity contribution in [1.29, 1.82) is 0 Å². The molecule has 3 aromatic rings. The molecule has 1 aromatic carbocycles. The first-order valence-electron chi connectivity index (χ1n) is 8.58. The Kier molecular flexibility index (Phi) is 4.12. The summed E-state index contributed by atoms with van der Waals surface area (Å²) in [4.78, 5) is 19.1. The molecule has 8 heteroatoms. The number of carbonyl (C=O) groups is 1. The Morgan fingerprint density at radius 2 is 2.00 bits per heavy atom. The van der Waals surface area contributed by atoms with Crippen LogP contribution in [0.3, 0.4) is 0 Å². The summed E-state index contributed by atoms with van der Waals surface area (Å²) in [5.41, 5.74) is 2.56. The molecular formula is C18H21N5O3. The van der Waals surface area contributed by atoms with E-state index in [-0.39, 0.29) is 11.7 Å². The molecule has 0 spiro atoms. The van der Waals surface area contributed by atoms with Gasteiger partial charge >= 0.3 is 0 Å². The molecule has 8 nitrogen and oxygen atoms in total. The lowest BCUT2D eigenvalue weighted by atomic mass is 10.1. The molecule has 2 aromatic heterocycles. The molecule has 1 N–H and O–H groups in total. The fraction of sp³-hybridized carbons (Fsp3) is 0.389. The van der Waals surface area contributed by atoms with Gasteiger partial charge in [-0.25, -0.2) is 4.98 Å². The highest BCUT2D eigenvalue weighted by molar-refractivity contribution is 6.10. The zero-order chi connectivity index (χ0) is 18.3. The maximum Gasteiger partial charge on any atom is 0.294 e. The number of hydrogen-bond donors (Lipinski definition) is 1. The SMILES string of the molecule is Cc1nc(C)c(C(=O)Nc2nn(C)c3cccc(N4CCOCC4)c23)o1. The van der Waals surface area contributed by atoms with Gasteiger partial charge in [-0.1, -0.05) is 6.07 Å². The van der Waals surface area contributed by atoms with Gasteiger partial charge in [-0.05, 0) is 19.1 Å². The van der Waals surface area contributed by atoms with E-state index in [4.69, 9.17) is 9.15 Å². The lowest BCUT2D eigenvalue weighted by Gasteiger charge is -2.29. The molecule has 26 heavy (non-hydrogen) atoms. The highest BCUT2D eigenvalue weighted by Crippen LogP contribution is 2.33. The van der Waals surface area contributed by atoms with E-state index in [1.165, 1.54) is 0 Å². The fourth-order valence-corrected chi connectivity index (χ4v) is 3.36. The van der Waals surface area contributed by atoms with Gasteiger partial charge in [0.25, 0.3) is 5.91 Å². The Morgan fingerprint density at radius 3 is 2.69 bits per heavy atom. The van der Waals surface area contributed by atoms with Crippen molar-refractivity contribution in [1.82, 2.24) is 14.8 Å². The molecular weight excluding hydrogens is 334 g/mol. The van der Waals surface area contributed by atoms with Crippen molar-refractivity contribution in [2.24, 2.45) is 7.05 Å². The Bertz CT molecular complexity index is 969. The van der Waals surface area contributed by atoms with Crippen molar-refractivity contribution < 1.29 is 13.9 Å². The number of ether oxygens (including phenoxy) is 1. The number of hydrogen-bond acceptors (Lipinski definition) is 6. The number of nitrogens with one attached hydrogen (secondary N) is 1. The molecule has 1 fully saturated rings. The van der Waals surface area contributed by atoms with Crippen LogP contribution in [0.1, 0.15) is 22.1 Å². The van der Waals surface area contributed by atoms with Gasteiger partial charge in [-0.15, -0.1) is 0 Å². The van der Waals surface area contributed by atoms with E-state index in [2.05, 4.69) is 26.4 Å². The number of nitrogens with zero attached hydrogens (tertiary/aromatic N) is 4. The zero-order valence-corrected chi connectivity index (χ0v) is 15.1. The van der Waals surface area contributed by atoms with Gasteiger partial charge in [-0.2, -0.15) is 5.10 Å². The van der Waals surface area contributed by atoms with Crippen LogP contribution >= 0.6 is 0 Å². The number of aromatic nitrogens is 3. The number of morpholine rings is 1. The summed E-state index contributed by atoms with van der Waals surface area (Å²) in [5, 5.41) is 8.32. The van der Waals surface area contributed by atoms with Crippen molar-refractivity contribution in [2.45, 2.75) is 13.8 Å². The number of rotatable bonds is 3. The van der Waals surface area contributed by atoms with Crippen LogP contribution in [0.5, 0.6) is 0 Å². The number of amides is 1. The molecule has 0 atom stereocenters. The average Bonchev–Trinajstić information content (AvgIpc) is 3.15. The van der Waals surface area contributed by atoms with Crippen LogP contribution in [0.2, 0.25) is 0 Å². The summed E-state index contributed by atoms with van der Waals surface area (Å²) in [6.07, 6.45) is 0. The second-order valence-electron chi connectivity index (χ2n) is 6.34. The molecule has 0 saturated carbocycles. The van der Waals surface area contributed by atoms with E-state index in [0.29, 0.717) is 30.6 Å². The van der Waals surface area contributed by atoms with Gasteiger partial charge < -0.3 is 19.4 Å². The van der Waals surface area contributed by atoms with Crippen molar-refractivity contribution in [2.75, 3.05) is 36.5 Å². The van der Waals surface area contributed by atoms with Gasteiger partial charge in [0, 0.05) is 27.1 Å². The van der Waals surface area contributed by atoms with Crippen LogP contribution in [-0.4, -0.2) is 47.0 Å². The highest BCUT2D eigenvalue weighted by atomic mass is 16.5. The van der Waals surface area contributed by atoms with Gasteiger partial charge in [0.05, 0.1) is 35.5 Å². The van der Waals surface area contributed by atoms with Gasteiger partial charge in [0.1, 0.15) is 0 Å². The number of oxazole rings is 1. The van der Waals surface area contributed by atoms with E-state index < -0.39 is 0 Å². The molecule has 1 saturated heterocycles. The minimum absolute atomic E-state index is 0.213. The second-order valence-corrected chi connectivity index (χ2v) is 6.34. The third-order valence-corrected chi connectivity index (χ3v) is 4.55. The standard InChI is InChI=1S/C18H21N5O3/c1-11-16(26-12(2)19-11)18(24)20-17-15-13(22(3)21-17)5-4-6-14(15)23-7-9-25-10-8-23/h4-6H,7-10H2,1-3H3,(H,20,21,24). The first-order valence-corrected chi connectivity index (χ1v) is 8.58. The summed E-state index contributed by atoms with van der Waals surface area (Å²) >= 11 is 0. The molecule has 136 valence electrons. The van der Waals surface area contributed by atoms with Crippen LogP contribution in [0.15, 0.2) is 22.6 Å². The van der Waals surface area contributed by atoms with E-state index >= 15 is 0 Å². The lowest BCUT2D eigenvalue weighted by Crippen LogP contribution is -2.36. The molecule has 1 aliphatic rings. The minimum Gasteiger partial charge on any atom is -0.436 e. The Labute approximate surface area is 150 Å². The minimum atomic E-state index is -0.347. The predicted molar refractivity (Wildman–Crippen MR) is 97.7 cm³/mol. The summed E-state index contributed by atoms with van der Waals surface area (Å²) in [5.74, 6) is 0.848. The van der Waals surface area contributed by atoms with Crippen LogP contribution in [0.4, 0.5) is 11.5 Å². The third-order valence-electron chi connectivity index (χ3n) is 4.55. The van der Waals surface area contributed by atoms with Gasteiger partial charge in [0.15, 0.2) is 11.7 Å². The summed E-state index contributed by atoms with van der Waals surface area (Å²) in [6, 6.07) is 6.05. The van der Waals surface area contributed by atoms with E-state index in [9.17, 15) is 4.79 Å². The summed E-state index contributed by atoms with van der Waals surface area (Å²) in [7, 11) is 1.87. The Balaban J connectivity index is 1.75. The lowest BCUT2D eigenvalue weighted by molar-refractivity contribution is 0.0994. The topological polar surface area (TPSA) is 85.4 Å². The Hall–Kier alpha value is -2.87. The van der Waals surface area contributed by atoms with Crippen LogP contribution in [0.25, 0.3) is 10.9 Å². The van der Waals surface area contributed by atoms with Crippen LogP contribution in [0, 0.1) is 13.8 Å². The van der Waals surface area contributed by atoms with E-state index in [1.54, 1.807) is 18.5 Å². The van der Waals surface area contributed by atoms with E-state index in [0.717, 1.165) is 29.7 Å². The van der Waals surface area contributed by atoms with Gasteiger partial charge in [0.2, 0.25) is 5.76 Å². The first kappa shape index (κ1) is 16.6. The molecule has 0 aliphatic carbocycles.